The van der Waals surface area contributed by atoms with Crippen molar-refractivity contribution >= 4 is 39.1 Å². The fourth-order valence-corrected chi connectivity index (χ4v) is 6.13. The van der Waals surface area contributed by atoms with Crippen LogP contribution in [0.3, 0.4) is 0 Å². The van der Waals surface area contributed by atoms with Gasteiger partial charge in [-0.15, -0.1) is 11.3 Å². The van der Waals surface area contributed by atoms with E-state index in [1.165, 1.54) is 57.7 Å². The quantitative estimate of drug-likeness (QED) is 0.351. The number of esters is 1. The molecule has 174 valence electrons. The largest absolute Gasteiger partial charge is 0.464 e. The number of thiazole rings is 1. The van der Waals surface area contributed by atoms with Gasteiger partial charge in [-0.1, -0.05) is 11.8 Å². The monoisotopic (exact) mass is 508 g/mol. The first-order valence-corrected chi connectivity index (χ1v) is 13.2. The number of nitrogens with zero attached hydrogens (tertiary/aromatic N) is 2. The standard InChI is InChI=1S/C21H20N2O7S3/c1-14-12-31-21(22-14)32-13-16-10-18(24)19(11-29-16)30-20(25)15-2-4-17(5-3-15)33(26,27)23-6-8-28-9-7-23/h2-5,10-12H,6-9,13H2,1H3. The lowest BCUT2D eigenvalue weighted by molar-refractivity contribution is 0.0728. The first-order valence-electron chi connectivity index (χ1n) is 9.90. The minimum absolute atomic E-state index is 0.0674. The highest BCUT2D eigenvalue weighted by Gasteiger charge is 2.26. The molecule has 0 radical (unpaired) electrons. The molecule has 0 amide bonds. The molecule has 3 aromatic rings. The Morgan fingerprint density at radius 1 is 1.24 bits per heavy atom. The van der Waals surface area contributed by atoms with Crippen LogP contribution in [0.4, 0.5) is 0 Å². The smallest absolute Gasteiger partial charge is 0.343 e. The second kappa shape index (κ2) is 10.2. The molecule has 0 saturated carbocycles. The van der Waals surface area contributed by atoms with Crippen LogP contribution in [0.2, 0.25) is 0 Å². The van der Waals surface area contributed by atoms with Crippen molar-refractivity contribution in [1.29, 1.82) is 0 Å². The summed E-state index contributed by atoms with van der Waals surface area (Å²) in [6.07, 6.45) is 1.10. The van der Waals surface area contributed by atoms with Gasteiger partial charge in [-0.2, -0.15) is 4.31 Å². The first kappa shape index (κ1) is 23.6. The highest BCUT2D eigenvalue weighted by atomic mass is 32.2. The third kappa shape index (κ3) is 5.71. The highest BCUT2D eigenvalue weighted by molar-refractivity contribution is 8.00. The number of carbonyl (C=O) groups excluding carboxylic acids is 1. The summed E-state index contributed by atoms with van der Waals surface area (Å²) >= 11 is 2.95. The zero-order valence-corrected chi connectivity index (χ0v) is 20.0. The average molecular weight is 509 g/mol. The van der Waals surface area contributed by atoms with Crippen molar-refractivity contribution in [2.45, 2.75) is 21.9 Å². The number of rotatable bonds is 7. The van der Waals surface area contributed by atoms with Crippen LogP contribution in [0.5, 0.6) is 5.75 Å². The topological polar surface area (TPSA) is 116 Å². The molecule has 3 heterocycles. The summed E-state index contributed by atoms with van der Waals surface area (Å²) in [7, 11) is -3.67. The normalized spacial score (nSPS) is 14.8. The van der Waals surface area contributed by atoms with Crippen molar-refractivity contribution in [1.82, 2.24) is 9.29 Å². The molecule has 1 saturated heterocycles. The molecule has 0 spiro atoms. The second-order valence-corrected chi connectivity index (χ2v) is 11.1. The van der Waals surface area contributed by atoms with Crippen LogP contribution in [0.15, 0.2) is 60.4 Å². The van der Waals surface area contributed by atoms with Gasteiger partial charge in [0.05, 0.1) is 29.4 Å². The molecule has 2 aromatic heterocycles. The summed E-state index contributed by atoms with van der Waals surface area (Å²) in [6.45, 7) is 3.14. The Kier molecular flexibility index (Phi) is 7.29. The summed E-state index contributed by atoms with van der Waals surface area (Å²) in [6, 6.07) is 6.64. The first-order chi connectivity index (χ1) is 15.8. The summed E-state index contributed by atoms with van der Waals surface area (Å²) in [5.74, 6) is -0.202. The van der Waals surface area contributed by atoms with E-state index in [-0.39, 0.29) is 29.3 Å². The van der Waals surface area contributed by atoms with Gasteiger partial charge in [0.2, 0.25) is 21.2 Å². The minimum Gasteiger partial charge on any atom is -0.464 e. The maximum absolute atomic E-state index is 12.7. The van der Waals surface area contributed by atoms with Gasteiger partial charge in [-0.3, -0.25) is 4.79 Å². The molecule has 9 nitrogen and oxygen atoms in total. The number of hydrogen-bond donors (Lipinski definition) is 0. The number of thioether (sulfide) groups is 1. The van der Waals surface area contributed by atoms with Crippen LogP contribution in [0.25, 0.3) is 0 Å². The van der Waals surface area contributed by atoms with Crippen molar-refractivity contribution in [3.63, 3.8) is 0 Å². The van der Waals surface area contributed by atoms with Crippen molar-refractivity contribution in [3.05, 3.63) is 69.2 Å². The minimum atomic E-state index is -3.67. The molecule has 0 bridgehead atoms. The third-order valence-corrected chi connectivity index (χ3v) is 8.76. The molecule has 0 aliphatic carbocycles. The van der Waals surface area contributed by atoms with E-state index < -0.39 is 21.4 Å². The molecular formula is C21H20N2O7S3. The van der Waals surface area contributed by atoms with Gasteiger partial charge in [0.1, 0.15) is 12.0 Å². The lowest BCUT2D eigenvalue weighted by atomic mass is 10.2. The van der Waals surface area contributed by atoms with Crippen LogP contribution in [-0.4, -0.2) is 50.0 Å². The Balaban J connectivity index is 1.40. The Morgan fingerprint density at radius 3 is 2.61 bits per heavy atom. The number of aryl methyl sites for hydroxylation is 1. The van der Waals surface area contributed by atoms with E-state index in [2.05, 4.69) is 4.98 Å². The molecule has 0 unspecified atom stereocenters. The Labute approximate surface area is 198 Å². The number of hydrogen-bond acceptors (Lipinski definition) is 10. The van der Waals surface area contributed by atoms with Gasteiger partial charge < -0.3 is 13.9 Å². The van der Waals surface area contributed by atoms with E-state index in [1.54, 1.807) is 0 Å². The van der Waals surface area contributed by atoms with Crippen LogP contribution < -0.4 is 10.2 Å². The summed E-state index contributed by atoms with van der Waals surface area (Å²) < 4.78 is 43.3. The highest BCUT2D eigenvalue weighted by Crippen LogP contribution is 2.26. The number of benzene rings is 1. The van der Waals surface area contributed by atoms with Crippen LogP contribution in [-0.2, 0) is 20.5 Å². The van der Waals surface area contributed by atoms with Gasteiger partial charge >= 0.3 is 5.97 Å². The number of carbonyl (C=O) groups is 1. The van der Waals surface area contributed by atoms with Gasteiger partial charge in [0, 0.05) is 30.2 Å². The van der Waals surface area contributed by atoms with Gasteiger partial charge in [-0.05, 0) is 31.2 Å². The fourth-order valence-electron chi connectivity index (χ4n) is 2.98. The van der Waals surface area contributed by atoms with Crippen molar-refractivity contribution in [2.75, 3.05) is 26.3 Å². The molecule has 12 heteroatoms. The molecule has 0 N–H and O–H groups in total. The van der Waals surface area contributed by atoms with E-state index >= 15 is 0 Å². The van der Waals surface area contributed by atoms with E-state index in [9.17, 15) is 18.0 Å². The molecule has 0 atom stereocenters. The summed E-state index contributed by atoms with van der Waals surface area (Å²) in [5, 5.41) is 1.94. The SMILES string of the molecule is Cc1csc(SCc2cc(=O)c(OC(=O)c3ccc(S(=O)(=O)N4CCOCC4)cc3)co2)n1. The van der Waals surface area contributed by atoms with Gasteiger partial charge in [0.25, 0.3) is 0 Å². The predicted molar refractivity (Wildman–Crippen MR) is 122 cm³/mol. The van der Waals surface area contributed by atoms with E-state index in [0.29, 0.717) is 24.7 Å². The maximum Gasteiger partial charge on any atom is 0.343 e. The Bertz CT molecular complexity index is 1290. The molecule has 33 heavy (non-hydrogen) atoms. The van der Waals surface area contributed by atoms with Gasteiger partial charge in [0.15, 0.2) is 4.34 Å². The molecule has 1 aromatic carbocycles. The van der Waals surface area contributed by atoms with Crippen LogP contribution in [0, 0.1) is 6.92 Å². The molecular weight excluding hydrogens is 488 g/mol. The van der Waals surface area contributed by atoms with E-state index in [0.717, 1.165) is 16.3 Å². The van der Waals surface area contributed by atoms with Crippen molar-refractivity contribution in [2.24, 2.45) is 0 Å². The van der Waals surface area contributed by atoms with Crippen LogP contribution >= 0.6 is 23.1 Å². The maximum atomic E-state index is 12.7. The lowest BCUT2D eigenvalue weighted by Crippen LogP contribution is -2.40. The van der Waals surface area contributed by atoms with Crippen molar-refractivity contribution in [3.8, 4) is 5.75 Å². The second-order valence-electron chi connectivity index (χ2n) is 7.05. The van der Waals surface area contributed by atoms with Crippen molar-refractivity contribution < 1.29 is 27.1 Å². The zero-order valence-electron chi connectivity index (χ0n) is 17.6. The Hall–Kier alpha value is -2.51. The van der Waals surface area contributed by atoms with E-state index in [4.69, 9.17) is 13.9 Å². The molecule has 1 aliphatic rings. The molecule has 1 fully saturated rings. The molecule has 4 rings (SSSR count). The van der Waals surface area contributed by atoms with Gasteiger partial charge in [-0.25, -0.2) is 18.2 Å². The zero-order chi connectivity index (χ0) is 23.4. The number of sulfonamides is 1. The number of ether oxygens (including phenoxy) is 2. The summed E-state index contributed by atoms with van der Waals surface area (Å²) in [4.78, 5) is 29.2. The lowest BCUT2D eigenvalue weighted by Gasteiger charge is -2.26. The Morgan fingerprint density at radius 2 is 1.97 bits per heavy atom. The average Bonchev–Trinajstić information content (AvgIpc) is 3.25. The van der Waals surface area contributed by atoms with E-state index in [1.807, 2.05) is 12.3 Å². The fraction of sp³-hybridized carbons (Fsp3) is 0.286. The molecule has 1 aliphatic heterocycles. The predicted octanol–water partition coefficient (Wildman–Crippen LogP) is 2.94. The third-order valence-electron chi connectivity index (χ3n) is 4.69. The van der Waals surface area contributed by atoms with Crippen LogP contribution in [0.1, 0.15) is 21.8 Å². The summed E-state index contributed by atoms with van der Waals surface area (Å²) in [5.41, 5.74) is 0.541. The number of morpholine rings is 1. The number of aromatic nitrogens is 1.